The number of carboxylic acids is 1. The fourth-order valence-corrected chi connectivity index (χ4v) is 3.38. The summed E-state index contributed by atoms with van der Waals surface area (Å²) >= 11 is 0. The van der Waals surface area contributed by atoms with E-state index in [1.807, 2.05) is 30.3 Å². The molecular weight excluding hydrogens is 344 g/mol. The van der Waals surface area contributed by atoms with Crippen LogP contribution in [0.1, 0.15) is 25.7 Å². The van der Waals surface area contributed by atoms with Crippen LogP contribution in [0.15, 0.2) is 54.6 Å². The lowest BCUT2D eigenvalue weighted by molar-refractivity contribution is -0.922. The summed E-state index contributed by atoms with van der Waals surface area (Å²) in [4.78, 5) is 24.7. The topological polar surface area (TPSA) is 82.9 Å². The van der Waals surface area contributed by atoms with Crippen LogP contribution >= 0.6 is 0 Å². The van der Waals surface area contributed by atoms with E-state index in [-0.39, 0.29) is 12.3 Å². The van der Waals surface area contributed by atoms with E-state index in [9.17, 15) is 14.7 Å². The molecule has 6 heteroatoms. The third-order valence-electron chi connectivity index (χ3n) is 4.78. The largest absolute Gasteiger partial charge is 0.544 e. The van der Waals surface area contributed by atoms with Gasteiger partial charge >= 0.3 is 0 Å². The highest BCUT2D eigenvalue weighted by Crippen LogP contribution is 2.22. The molecule has 2 N–H and O–H groups in total. The van der Waals surface area contributed by atoms with E-state index in [4.69, 9.17) is 4.74 Å². The molecule has 0 unspecified atom stereocenters. The quantitative estimate of drug-likeness (QED) is 0.764. The Kier molecular flexibility index (Phi) is 6.44. The molecule has 1 aliphatic heterocycles. The lowest BCUT2D eigenvalue weighted by Crippen LogP contribution is -3.18. The Morgan fingerprint density at radius 1 is 0.963 bits per heavy atom. The van der Waals surface area contributed by atoms with Gasteiger partial charge in [0.25, 0.3) is 0 Å². The number of carboxylic acid groups (broad SMARTS) is 1. The summed E-state index contributed by atoms with van der Waals surface area (Å²) in [7, 11) is 0. The van der Waals surface area contributed by atoms with E-state index < -0.39 is 12.0 Å². The third kappa shape index (κ3) is 5.56. The zero-order chi connectivity index (χ0) is 19.1. The van der Waals surface area contributed by atoms with Crippen molar-refractivity contribution in [1.82, 2.24) is 0 Å². The molecule has 0 spiro atoms. The number of amides is 1. The number of nitrogens with one attached hydrogen (secondary N) is 2. The van der Waals surface area contributed by atoms with Crippen molar-refractivity contribution in [3.63, 3.8) is 0 Å². The van der Waals surface area contributed by atoms with Crippen molar-refractivity contribution >= 4 is 17.6 Å². The van der Waals surface area contributed by atoms with Crippen molar-refractivity contribution in [3.05, 3.63) is 54.6 Å². The number of hydrogen-bond acceptors (Lipinski definition) is 4. The summed E-state index contributed by atoms with van der Waals surface area (Å²) in [5, 5.41) is 14.2. The first-order valence-corrected chi connectivity index (χ1v) is 9.30. The van der Waals surface area contributed by atoms with Crippen LogP contribution in [-0.2, 0) is 9.59 Å². The van der Waals surface area contributed by atoms with Crippen LogP contribution in [0.4, 0.5) is 5.69 Å². The van der Waals surface area contributed by atoms with Gasteiger partial charge < -0.3 is 24.9 Å². The smallest absolute Gasteiger partial charge is 0.230 e. The molecule has 2 aromatic rings. The molecule has 1 saturated heterocycles. The zero-order valence-electron chi connectivity index (χ0n) is 15.1. The SMILES string of the molecule is O=C(C[C@H](C(=O)[O-])[NH+]1CCCCC1)Nc1ccc(Oc2ccccc2)cc1. The molecule has 1 fully saturated rings. The number of rotatable bonds is 7. The molecule has 142 valence electrons. The minimum absolute atomic E-state index is 0.0834. The minimum atomic E-state index is -1.16. The Bertz CT molecular complexity index is 756. The molecule has 0 aliphatic carbocycles. The van der Waals surface area contributed by atoms with Crippen molar-refractivity contribution < 1.29 is 24.3 Å². The van der Waals surface area contributed by atoms with Gasteiger partial charge in [-0.25, -0.2) is 0 Å². The number of piperidine rings is 1. The molecule has 1 aliphatic rings. The molecular formula is C21H24N2O4. The number of anilines is 1. The molecule has 1 atom stereocenters. The molecule has 3 rings (SSSR count). The first-order valence-electron chi connectivity index (χ1n) is 9.30. The number of quaternary nitrogens is 1. The average molecular weight is 368 g/mol. The van der Waals surface area contributed by atoms with Gasteiger partial charge in [0.1, 0.15) is 17.5 Å². The standard InChI is InChI=1S/C21H24N2O4/c24-20(15-19(21(25)26)23-13-5-2-6-14-23)22-16-9-11-18(12-10-16)27-17-7-3-1-4-8-17/h1,3-4,7-12,19H,2,5-6,13-15H2,(H,22,24)(H,25,26)/t19-/m1/s1. The van der Waals surface area contributed by atoms with Crippen LogP contribution in [0.25, 0.3) is 0 Å². The predicted molar refractivity (Wildman–Crippen MR) is 99.5 cm³/mol. The fraction of sp³-hybridized carbons (Fsp3) is 0.333. The molecule has 1 amide bonds. The van der Waals surface area contributed by atoms with Gasteiger partial charge in [-0.15, -0.1) is 0 Å². The Morgan fingerprint density at radius 3 is 2.22 bits per heavy atom. The van der Waals surface area contributed by atoms with Gasteiger partial charge in [0, 0.05) is 5.69 Å². The number of carbonyl (C=O) groups is 2. The molecule has 0 radical (unpaired) electrons. The number of likely N-dealkylation sites (tertiary alicyclic amines) is 1. The number of ether oxygens (including phenoxy) is 1. The van der Waals surface area contributed by atoms with Crippen molar-refractivity contribution in [2.24, 2.45) is 0 Å². The van der Waals surface area contributed by atoms with Gasteiger partial charge in [0.15, 0.2) is 0 Å². The molecule has 0 bridgehead atoms. The van der Waals surface area contributed by atoms with Crippen LogP contribution < -0.4 is 20.1 Å². The summed E-state index contributed by atoms with van der Waals surface area (Å²) < 4.78 is 5.71. The van der Waals surface area contributed by atoms with Crippen LogP contribution in [-0.4, -0.2) is 31.0 Å². The van der Waals surface area contributed by atoms with E-state index in [0.29, 0.717) is 11.4 Å². The Balaban J connectivity index is 1.55. The molecule has 2 aromatic carbocycles. The Morgan fingerprint density at radius 2 is 1.59 bits per heavy atom. The average Bonchev–Trinajstić information content (AvgIpc) is 2.69. The van der Waals surface area contributed by atoms with Gasteiger partial charge in [-0.1, -0.05) is 18.2 Å². The second-order valence-electron chi connectivity index (χ2n) is 6.78. The highest BCUT2D eigenvalue weighted by molar-refractivity contribution is 5.93. The molecule has 0 saturated carbocycles. The summed E-state index contributed by atoms with van der Waals surface area (Å²) in [6, 6.07) is 15.6. The summed E-state index contributed by atoms with van der Waals surface area (Å²) in [5.41, 5.74) is 0.603. The van der Waals surface area contributed by atoms with Crippen LogP contribution in [0.3, 0.4) is 0 Å². The number of carbonyl (C=O) groups excluding carboxylic acids is 2. The van der Waals surface area contributed by atoms with E-state index >= 15 is 0 Å². The van der Waals surface area contributed by atoms with Gasteiger partial charge in [0.2, 0.25) is 5.91 Å². The van der Waals surface area contributed by atoms with Crippen molar-refractivity contribution in [2.75, 3.05) is 18.4 Å². The first kappa shape index (κ1) is 18.9. The predicted octanol–water partition coefficient (Wildman–Crippen LogP) is 0.995. The monoisotopic (exact) mass is 368 g/mol. The van der Waals surface area contributed by atoms with E-state index in [1.165, 1.54) is 0 Å². The summed E-state index contributed by atoms with van der Waals surface area (Å²) in [6.07, 6.45) is 3.01. The molecule has 1 heterocycles. The highest BCUT2D eigenvalue weighted by atomic mass is 16.5. The number of hydrogen-bond donors (Lipinski definition) is 2. The van der Waals surface area contributed by atoms with Gasteiger partial charge in [-0.05, 0) is 55.7 Å². The van der Waals surface area contributed by atoms with Crippen LogP contribution in [0, 0.1) is 0 Å². The van der Waals surface area contributed by atoms with Crippen molar-refractivity contribution in [2.45, 2.75) is 31.7 Å². The van der Waals surface area contributed by atoms with Crippen molar-refractivity contribution in [1.29, 1.82) is 0 Å². The fourth-order valence-electron chi connectivity index (χ4n) is 3.38. The molecule has 6 nitrogen and oxygen atoms in total. The number of para-hydroxylation sites is 1. The summed E-state index contributed by atoms with van der Waals surface area (Å²) in [6.45, 7) is 1.55. The third-order valence-corrected chi connectivity index (χ3v) is 4.78. The second kappa shape index (κ2) is 9.19. The lowest BCUT2D eigenvalue weighted by atomic mass is 10.1. The maximum absolute atomic E-state index is 12.3. The van der Waals surface area contributed by atoms with Crippen molar-refractivity contribution in [3.8, 4) is 11.5 Å². The Hall–Kier alpha value is -2.86. The minimum Gasteiger partial charge on any atom is -0.544 e. The Labute approximate surface area is 158 Å². The maximum Gasteiger partial charge on any atom is 0.230 e. The maximum atomic E-state index is 12.3. The van der Waals surface area contributed by atoms with Crippen LogP contribution in [0.2, 0.25) is 0 Å². The zero-order valence-corrected chi connectivity index (χ0v) is 15.1. The van der Waals surface area contributed by atoms with Gasteiger partial charge in [-0.3, -0.25) is 4.79 Å². The molecule has 0 aromatic heterocycles. The summed E-state index contributed by atoms with van der Waals surface area (Å²) in [5.74, 6) is -0.0900. The normalized spacial score (nSPS) is 15.7. The lowest BCUT2D eigenvalue weighted by Gasteiger charge is -2.31. The van der Waals surface area contributed by atoms with Crippen LogP contribution in [0.5, 0.6) is 11.5 Å². The number of benzene rings is 2. The van der Waals surface area contributed by atoms with Gasteiger partial charge in [-0.2, -0.15) is 0 Å². The van der Waals surface area contributed by atoms with E-state index in [2.05, 4.69) is 5.32 Å². The van der Waals surface area contributed by atoms with Gasteiger partial charge in [0.05, 0.1) is 25.5 Å². The van der Waals surface area contributed by atoms with E-state index in [1.54, 1.807) is 24.3 Å². The van der Waals surface area contributed by atoms with E-state index in [0.717, 1.165) is 43.0 Å². The number of aliphatic carboxylic acids is 1. The molecule has 27 heavy (non-hydrogen) atoms. The first-order chi connectivity index (χ1) is 13.1. The highest BCUT2D eigenvalue weighted by Gasteiger charge is 2.27. The second-order valence-corrected chi connectivity index (χ2v) is 6.78.